The third kappa shape index (κ3) is 5.03. The molecule has 0 saturated carbocycles. The van der Waals surface area contributed by atoms with E-state index in [1.54, 1.807) is 0 Å². The molecule has 0 aliphatic carbocycles. The van der Waals surface area contributed by atoms with Gasteiger partial charge < -0.3 is 10.4 Å². The molecule has 0 spiro atoms. The van der Waals surface area contributed by atoms with Crippen LogP contribution in [0.4, 0.5) is 0 Å². The van der Waals surface area contributed by atoms with Crippen LogP contribution in [0.2, 0.25) is 0 Å². The van der Waals surface area contributed by atoms with E-state index in [2.05, 4.69) is 33.0 Å². The summed E-state index contributed by atoms with van der Waals surface area (Å²) >= 11 is 0. The van der Waals surface area contributed by atoms with Gasteiger partial charge in [0.25, 0.3) is 0 Å². The van der Waals surface area contributed by atoms with Crippen molar-refractivity contribution in [3.05, 3.63) is 35.4 Å². The molecule has 0 aliphatic rings. The molecule has 1 aromatic carbocycles. The molecule has 0 amide bonds. The van der Waals surface area contributed by atoms with Crippen LogP contribution < -0.4 is 5.32 Å². The molecule has 1 rings (SSSR count). The summed E-state index contributed by atoms with van der Waals surface area (Å²) in [5.74, 6) is -0.177. The van der Waals surface area contributed by atoms with E-state index in [1.807, 2.05) is 24.3 Å². The summed E-state index contributed by atoms with van der Waals surface area (Å²) in [6, 6.07) is 7.72. The van der Waals surface area contributed by atoms with Gasteiger partial charge in [-0.05, 0) is 22.5 Å². The molecule has 0 atom stereocenters. The summed E-state index contributed by atoms with van der Waals surface area (Å²) in [6.45, 7) is 10.6. The highest BCUT2D eigenvalue weighted by Gasteiger charge is 2.21. The third-order valence-electron chi connectivity index (χ3n) is 3.92. The molecule has 0 aliphatic heterocycles. The van der Waals surface area contributed by atoms with Crippen LogP contribution in [0.1, 0.15) is 38.8 Å². The van der Waals surface area contributed by atoms with E-state index in [0.29, 0.717) is 5.92 Å². The van der Waals surface area contributed by atoms with Gasteiger partial charge in [-0.15, -0.1) is 0 Å². The zero-order chi connectivity index (χ0) is 14.5. The van der Waals surface area contributed by atoms with Gasteiger partial charge in [-0.2, -0.15) is 0 Å². The van der Waals surface area contributed by atoms with E-state index in [4.69, 9.17) is 5.11 Å². The predicted molar refractivity (Wildman–Crippen MR) is 78.1 cm³/mol. The molecule has 0 saturated heterocycles. The van der Waals surface area contributed by atoms with Gasteiger partial charge in [0, 0.05) is 13.1 Å². The summed E-state index contributed by atoms with van der Waals surface area (Å²) in [5.41, 5.74) is 2.20. The maximum atomic E-state index is 10.8. The lowest BCUT2D eigenvalue weighted by Gasteiger charge is -2.29. The number of hydrogen-bond acceptors (Lipinski definition) is 2. The third-order valence-corrected chi connectivity index (χ3v) is 3.92. The molecule has 3 nitrogen and oxygen atoms in total. The van der Waals surface area contributed by atoms with Crippen LogP contribution in [0.5, 0.6) is 0 Å². The van der Waals surface area contributed by atoms with Crippen LogP contribution in [0, 0.1) is 11.3 Å². The lowest BCUT2D eigenvalue weighted by Crippen LogP contribution is -2.33. The molecule has 0 heterocycles. The van der Waals surface area contributed by atoms with Gasteiger partial charge in [0.05, 0.1) is 6.42 Å². The topological polar surface area (TPSA) is 49.3 Å². The van der Waals surface area contributed by atoms with E-state index < -0.39 is 5.97 Å². The minimum atomic E-state index is -0.782. The Morgan fingerprint density at radius 3 is 2.37 bits per heavy atom. The maximum absolute atomic E-state index is 10.8. The quantitative estimate of drug-likeness (QED) is 0.795. The number of carbonyl (C=O) groups is 1. The molecule has 0 unspecified atom stereocenters. The van der Waals surface area contributed by atoms with E-state index in [9.17, 15) is 4.79 Å². The summed E-state index contributed by atoms with van der Waals surface area (Å²) < 4.78 is 0. The summed E-state index contributed by atoms with van der Waals surface area (Å²) in [6.07, 6.45) is 0.0887. The van der Waals surface area contributed by atoms with Crippen LogP contribution >= 0.6 is 0 Å². The predicted octanol–water partition coefficient (Wildman–Crippen LogP) is 3.09. The van der Waals surface area contributed by atoms with Crippen LogP contribution in [0.3, 0.4) is 0 Å². The molecule has 19 heavy (non-hydrogen) atoms. The van der Waals surface area contributed by atoms with E-state index in [0.717, 1.165) is 24.2 Å². The SMILES string of the molecule is CC(C)C(C)(C)CNCc1ccccc1CC(=O)O. The first kappa shape index (κ1) is 15.7. The second-order valence-corrected chi connectivity index (χ2v) is 6.09. The number of aliphatic carboxylic acids is 1. The zero-order valence-electron chi connectivity index (χ0n) is 12.4. The lowest BCUT2D eigenvalue weighted by molar-refractivity contribution is -0.136. The Kier molecular flexibility index (Phi) is 5.55. The van der Waals surface area contributed by atoms with Crippen molar-refractivity contribution in [2.24, 2.45) is 11.3 Å². The second kappa shape index (κ2) is 6.71. The number of nitrogens with one attached hydrogen (secondary N) is 1. The fraction of sp³-hybridized carbons (Fsp3) is 0.562. The zero-order valence-corrected chi connectivity index (χ0v) is 12.4. The monoisotopic (exact) mass is 263 g/mol. The first-order chi connectivity index (χ1) is 8.83. The Balaban J connectivity index is 2.61. The van der Waals surface area contributed by atoms with Crippen LogP contribution in [0.25, 0.3) is 0 Å². The van der Waals surface area contributed by atoms with Crippen molar-refractivity contribution >= 4 is 5.97 Å². The molecule has 3 heteroatoms. The average molecular weight is 263 g/mol. The molecule has 0 aromatic heterocycles. The Bertz CT molecular complexity index is 425. The van der Waals surface area contributed by atoms with Crippen LogP contribution in [0.15, 0.2) is 24.3 Å². The van der Waals surface area contributed by atoms with Gasteiger partial charge in [-0.3, -0.25) is 4.79 Å². The highest BCUT2D eigenvalue weighted by Crippen LogP contribution is 2.24. The largest absolute Gasteiger partial charge is 0.481 e. The smallest absolute Gasteiger partial charge is 0.307 e. The molecule has 0 fully saturated rings. The molecular weight excluding hydrogens is 238 g/mol. The van der Waals surface area contributed by atoms with E-state index in [1.165, 1.54) is 0 Å². The van der Waals surface area contributed by atoms with Crippen molar-refractivity contribution in [3.63, 3.8) is 0 Å². The standard InChI is InChI=1S/C16H25NO2/c1-12(2)16(3,4)11-17-10-14-8-6-5-7-13(14)9-15(18)19/h5-8,12,17H,9-11H2,1-4H3,(H,18,19). The minimum absolute atomic E-state index is 0.0887. The van der Waals surface area contributed by atoms with Crippen molar-refractivity contribution in [3.8, 4) is 0 Å². The second-order valence-electron chi connectivity index (χ2n) is 6.09. The molecule has 0 bridgehead atoms. The Morgan fingerprint density at radius 2 is 1.84 bits per heavy atom. The van der Waals surface area contributed by atoms with Crippen molar-refractivity contribution in [2.75, 3.05) is 6.54 Å². The lowest BCUT2D eigenvalue weighted by atomic mass is 9.81. The number of carboxylic acid groups (broad SMARTS) is 1. The van der Waals surface area contributed by atoms with Gasteiger partial charge in [-0.1, -0.05) is 52.0 Å². The molecule has 106 valence electrons. The number of benzene rings is 1. The first-order valence-corrected chi connectivity index (χ1v) is 6.82. The van der Waals surface area contributed by atoms with Gasteiger partial charge in [0.1, 0.15) is 0 Å². The Labute approximate surface area is 116 Å². The highest BCUT2D eigenvalue weighted by atomic mass is 16.4. The maximum Gasteiger partial charge on any atom is 0.307 e. The summed E-state index contributed by atoms with van der Waals surface area (Å²) in [4.78, 5) is 10.8. The van der Waals surface area contributed by atoms with Gasteiger partial charge in [-0.25, -0.2) is 0 Å². The van der Waals surface area contributed by atoms with Crippen LogP contribution in [-0.2, 0) is 17.8 Å². The van der Waals surface area contributed by atoms with E-state index >= 15 is 0 Å². The van der Waals surface area contributed by atoms with Crippen LogP contribution in [-0.4, -0.2) is 17.6 Å². The minimum Gasteiger partial charge on any atom is -0.481 e. The first-order valence-electron chi connectivity index (χ1n) is 6.82. The molecule has 0 radical (unpaired) electrons. The van der Waals surface area contributed by atoms with Crippen molar-refractivity contribution in [1.82, 2.24) is 5.32 Å². The molecule has 2 N–H and O–H groups in total. The summed E-state index contributed by atoms with van der Waals surface area (Å²) in [5, 5.41) is 12.3. The van der Waals surface area contributed by atoms with E-state index in [-0.39, 0.29) is 11.8 Å². The number of rotatable bonds is 7. The Hall–Kier alpha value is -1.35. The average Bonchev–Trinajstić information content (AvgIpc) is 2.30. The Morgan fingerprint density at radius 1 is 1.26 bits per heavy atom. The van der Waals surface area contributed by atoms with Crippen molar-refractivity contribution in [2.45, 2.75) is 40.7 Å². The van der Waals surface area contributed by atoms with Crippen molar-refractivity contribution < 1.29 is 9.90 Å². The number of hydrogen-bond donors (Lipinski definition) is 2. The normalized spacial score (nSPS) is 11.8. The molecule has 1 aromatic rings. The fourth-order valence-corrected chi connectivity index (χ4v) is 1.79. The van der Waals surface area contributed by atoms with Gasteiger partial charge in [0.2, 0.25) is 0 Å². The highest BCUT2D eigenvalue weighted by molar-refractivity contribution is 5.70. The fourth-order valence-electron chi connectivity index (χ4n) is 1.79. The summed E-state index contributed by atoms with van der Waals surface area (Å²) in [7, 11) is 0. The van der Waals surface area contributed by atoms with Gasteiger partial charge in [0.15, 0.2) is 0 Å². The molecular formula is C16H25NO2. The van der Waals surface area contributed by atoms with Gasteiger partial charge >= 0.3 is 5.97 Å². The van der Waals surface area contributed by atoms with Crippen molar-refractivity contribution in [1.29, 1.82) is 0 Å². The number of carboxylic acids is 1.